The number of amides is 1. The van der Waals surface area contributed by atoms with Crippen LogP contribution >= 0.6 is 0 Å². The summed E-state index contributed by atoms with van der Waals surface area (Å²) in [5, 5.41) is 14.6. The third-order valence-corrected chi connectivity index (χ3v) is 6.04. The molecule has 6 nitrogen and oxygen atoms in total. The fourth-order valence-electron chi connectivity index (χ4n) is 4.33. The predicted molar refractivity (Wildman–Crippen MR) is 106 cm³/mol. The van der Waals surface area contributed by atoms with Crippen molar-refractivity contribution in [2.24, 2.45) is 5.92 Å². The van der Waals surface area contributed by atoms with Crippen LogP contribution < -0.4 is 5.32 Å². The predicted octanol–water partition coefficient (Wildman–Crippen LogP) is 1.65. The minimum Gasteiger partial charge on any atom is -0.388 e. The van der Waals surface area contributed by atoms with E-state index >= 15 is 0 Å². The number of hydrogen-bond donors (Lipinski definition) is 2. The highest BCUT2D eigenvalue weighted by atomic mass is 16.3. The van der Waals surface area contributed by atoms with Crippen LogP contribution in [-0.2, 0) is 11.3 Å². The molecule has 1 amide bonds. The summed E-state index contributed by atoms with van der Waals surface area (Å²) < 4.78 is 0. The van der Waals surface area contributed by atoms with E-state index in [4.69, 9.17) is 0 Å². The smallest absolute Gasteiger partial charge is 0.225 e. The highest BCUT2D eigenvalue weighted by Crippen LogP contribution is 2.26. The van der Waals surface area contributed by atoms with Crippen LogP contribution in [0.4, 0.5) is 0 Å². The van der Waals surface area contributed by atoms with Crippen molar-refractivity contribution in [1.29, 1.82) is 0 Å². The van der Waals surface area contributed by atoms with Gasteiger partial charge in [0.15, 0.2) is 0 Å². The minimum atomic E-state index is -0.716. The number of aromatic nitrogens is 1. The van der Waals surface area contributed by atoms with E-state index in [0.29, 0.717) is 25.4 Å². The number of carbonyl (C=O) groups is 1. The lowest BCUT2D eigenvalue weighted by molar-refractivity contribution is -0.136. The number of likely N-dealkylation sites (N-methyl/N-ethyl adjacent to an activating group) is 1. The second-order valence-electron chi connectivity index (χ2n) is 8.09. The largest absolute Gasteiger partial charge is 0.388 e. The van der Waals surface area contributed by atoms with Gasteiger partial charge in [-0.3, -0.25) is 14.7 Å². The number of likely N-dealkylation sites (tertiary alicyclic amines) is 1. The van der Waals surface area contributed by atoms with E-state index in [2.05, 4.69) is 22.1 Å². The Morgan fingerprint density at radius 3 is 2.74 bits per heavy atom. The molecule has 3 rings (SSSR count). The van der Waals surface area contributed by atoms with Crippen molar-refractivity contribution in [3.8, 4) is 0 Å². The van der Waals surface area contributed by atoms with Gasteiger partial charge in [0.05, 0.1) is 5.60 Å². The molecule has 2 aliphatic heterocycles. The van der Waals surface area contributed by atoms with E-state index in [-0.39, 0.29) is 5.92 Å². The number of nitrogens with zero attached hydrogens (tertiary/aromatic N) is 3. The van der Waals surface area contributed by atoms with E-state index in [9.17, 15) is 9.90 Å². The molecule has 1 atom stereocenters. The highest BCUT2D eigenvalue weighted by molar-refractivity contribution is 5.79. The van der Waals surface area contributed by atoms with Crippen molar-refractivity contribution >= 4 is 5.91 Å². The standard InChI is InChI=1S/C21H34N4O2/c1-2-24(16-18-4-10-22-11-5-18)17-21(27)8-3-14-25(15-9-21)20(26)19-6-12-23-13-7-19/h4-5,10-11,19,23,27H,2-3,6-9,12-17H2,1H3. The molecule has 0 saturated carbocycles. The van der Waals surface area contributed by atoms with Gasteiger partial charge in [-0.2, -0.15) is 0 Å². The first-order valence-corrected chi connectivity index (χ1v) is 10.4. The van der Waals surface area contributed by atoms with Crippen molar-refractivity contribution in [2.45, 2.75) is 51.2 Å². The summed E-state index contributed by atoms with van der Waals surface area (Å²) in [5.41, 5.74) is 0.499. The Balaban J connectivity index is 1.55. The molecule has 3 heterocycles. The molecule has 1 aromatic rings. The molecule has 1 aromatic heterocycles. The molecule has 2 saturated heterocycles. The van der Waals surface area contributed by atoms with Gasteiger partial charge in [0.25, 0.3) is 0 Å². The number of rotatable bonds is 6. The Bertz CT molecular complexity index is 591. The van der Waals surface area contributed by atoms with Crippen molar-refractivity contribution in [3.63, 3.8) is 0 Å². The van der Waals surface area contributed by atoms with Crippen LogP contribution in [0.25, 0.3) is 0 Å². The summed E-state index contributed by atoms with van der Waals surface area (Å²) in [5.74, 6) is 0.459. The molecule has 0 radical (unpaired) electrons. The summed E-state index contributed by atoms with van der Waals surface area (Å²) in [6.07, 6.45) is 7.80. The van der Waals surface area contributed by atoms with Crippen molar-refractivity contribution in [2.75, 3.05) is 39.3 Å². The number of carbonyl (C=O) groups excluding carboxylic acids is 1. The van der Waals surface area contributed by atoms with Gasteiger partial charge < -0.3 is 15.3 Å². The van der Waals surface area contributed by atoms with Crippen LogP contribution in [0.2, 0.25) is 0 Å². The molecular formula is C21H34N4O2. The van der Waals surface area contributed by atoms with Crippen LogP contribution in [0.15, 0.2) is 24.5 Å². The van der Waals surface area contributed by atoms with E-state index in [0.717, 1.165) is 58.4 Å². The first-order valence-electron chi connectivity index (χ1n) is 10.4. The van der Waals surface area contributed by atoms with Gasteiger partial charge in [0, 0.05) is 44.5 Å². The zero-order valence-corrected chi connectivity index (χ0v) is 16.6. The second kappa shape index (κ2) is 9.62. The number of pyridine rings is 1. The molecule has 2 fully saturated rings. The lowest BCUT2D eigenvalue weighted by Gasteiger charge is -2.33. The average Bonchev–Trinajstić information content (AvgIpc) is 2.90. The zero-order chi connectivity index (χ0) is 19.1. The van der Waals surface area contributed by atoms with Gasteiger partial charge in [0.1, 0.15) is 0 Å². The molecule has 6 heteroatoms. The fourth-order valence-corrected chi connectivity index (χ4v) is 4.33. The topological polar surface area (TPSA) is 68.7 Å². The molecule has 0 spiro atoms. The quantitative estimate of drug-likeness (QED) is 0.792. The Hall–Kier alpha value is -1.50. The van der Waals surface area contributed by atoms with Gasteiger partial charge >= 0.3 is 0 Å². The summed E-state index contributed by atoms with van der Waals surface area (Å²) in [4.78, 5) is 21.2. The van der Waals surface area contributed by atoms with Gasteiger partial charge in [-0.15, -0.1) is 0 Å². The molecule has 0 aromatic carbocycles. The maximum atomic E-state index is 12.8. The Labute approximate surface area is 163 Å². The van der Waals surface area contributed by atoms with Crippen molar-refractivity contribution in [1.82, 2.24) is 20.1 Å². The van der Waals surface area contributed by atoms with E-state index in [1.54, 1.807) is 0 Å². The summed E-state index contributed by atoms with van der Waals surface area (Å²) in [6.45, 7) is 7.83. The van der Waals surface area contributed by atoms with Gasteiger partial charge in [-0.1, -0.05) is 6.92 Å². The van der Waals surface area contributed by atoms with Gasteiger partial charge in [0.2, 0.25) is 5.91 Å². The van der Waals surface area contributed by atoms with Crippen LogP contribution in [0.5, 0.6) is 0 Å². The van der Waals surface area contributed by atoms with E-state index in [1.807, 2.05) is 29.4 Å². The molecule has 0 aliphatic carbocycles. The van der Waals surface area contributed by atoms with E-state index < -0.39 is 5.60 Å². The second-order valence-corrected chi connectivity index (χ2v) is 8.09. The molecular weight excluding hydrogens is 340 g/mol. The third kappa shape index (κ3) is 5.74. The molecule has 2 N–H and O–H groups in total. The lowest BCUT2D eigenvalue weighted by atomic mass is 9.94. The lowest BCUT2D eigenvalue weighted by Crippen LogP contribution is -2.45. The van der Waals surface area contributed by atoms with Gasteiger partial charge in [-0.25, -0.2) is 0 Å². The van der Waals surface area contributed by atoms with Crippen LogP contribution in [-0.4, -0.2) is 70.7 Å². The number of nitrogens with one attached hydrogen (secondary N) is 1. The number of piperidine rings is 1. The molecule has 27 heavy (non-hydrogen) atoms. The van der Waals surface area contributed by atoms with E-state index in [1.165, 1.54) is 5.56 Å². The fraction of sp³-hybridized carbons (Fsp3) is 0.714. The Kier molecular flexibility index (Phi) is 7.21. The first-order chi connectivity index (χ1) is 13.1. The van der Waals surface area contributed by atoms with Crippen molar-refractivity contribution < 1.29 is 9.90 Å². The Morgan fingerprint density at radius 2 is 2.04 bits per heavy atom. The normalized spacial score (nSPS) is 24.8. The highest BCUT2D eigenvalue weighted by Gasteiger charge is 2.34. The maximum absolute atomic E-state index is 12.8. The summed E-state index contributed by atoms with van der Waals surface area (Å²) >= 11 is 0. The molecule has 0 bridgehead atoms. The molecule has 1 unspecified atom stereocenters. The zero-order valence-electron chi connectivity index (χ0n) is 16.6. The van der Waals surface area contributed by atoms with Crippen LogP contribution in [0, 0.1) is 5.92 Å². The SMILES string of the molecule is CCN(Cc1ccncc1)CC1(O)CCCN(C(=O)C2CCNCC2)CC1. The third-order valence-electron chi connectivity index (χ3n) is 6.04. The summed E-state index contributed by atoms with van der Waals surface area (Å²) in [6, 6.07) is 4.05. The summed E-state index contributed by atoms with van der Waals surface area (Å²) in [7, 11) is 0. The van der Waals surface area contributed by atoms with Crippen LogP contribution in [0.3, 0.4) is 0 Å². The van der Waals surface area contributed by atoms with Gasteiger partial charge in [-0.05, 0) is 69.4 Å². The minimum absolute atomic E-state index is 0.163. The average molecular weight is 375 g/mol. The van der Waals surface area contributed by atoms with Crippen molar-refractivity contribution in [3.05, 3.63) is 30.1 Å². The number of aliphatic hydroxyl groups is 1. The number of hydrogen-bond acceptors (Lipinski definition) is 5. The molecule has 2 aliphatic rings. The van der Waals surface area contributed by atoms with Crippen LogP contribution in [0.1, 0.15) is 44.6 Å². The monoisotopic (exact) mass is 374 g/mol. The maximum Gasteiger partial charge on any atom is 0.225 e. The Morgan fingerprint density at radius 1 is 1.30 bits per heavy atom. The first kappa shape index (κ1) is 20.2. The molecule has 150 valence electrons.